The quantitative estimate of drug-likeness (QED) is 0.254. The maximum Gasteiger partial charge on any atom is 0.264 e. The molecule has 1 atom stereocenters. The highest BCUT2D eigenvalue weighted by molar-refractivity contribution is 7.92. The van der Waals surface area contributed by atoms with E-state index in [2.05, 4.69) is 5.32 Å². The number of rotatable bonds is 11. The van der Waals surface area contributed by atoms with Gasteiger partial charge in [0.2, 0.25) is 11.8 Å². The normalized spacial score (nSPS) is 14.7. The predicted octanol–water partition coefficient (Wildman–Crippen LogP) is 6.75. The summed E-state index contributed by atoms with van der Waals surface area (Å²) in [7, 11) is -4.22. The molecule has 224 valence electrons. The fraction of sp³-hybridized carbons (Fsp3) is 0.375. The van der Waals surface area contributed by atoms with E-state index in [1.54, 1.807) is 18.2 Å². The molecule has 3 aromatic rings. The van der Waals surface area contributed by atoms with Gasteiger partial charge in [0.15, 0.2) is 0 Å². The Bertz CT molecular complexity index is 1490. The minimum Gasteiger partial charge on any atom is -0.352 e. The molecule has 0 radical (unpaired) electrons. The van der Waals surface area contributed by atoms with Crippen LogP contribution in [0.25, 0.3) is 0 Å². The SMILES string of the molecule is CC[C@@H](C(=O)NC1CCCCC1)N(Cc1ccccc1C)C(=O)CN(c1ccc(Cl)cc1Cl)S(=O)(=O)c1ccccc1. The summed E-state index contributed by atoms with van der Waals surface area (Å²) in [5, 5.41) is 3.58. The average molecular weight is 631 g/mol. The lowest BCUT2D eigenvalue weighted by atomic mass is 9.95. The van der Waals surface area contributed by atoms with E-state index in [9.17, 15) is 18.0 Å². The van der Waals surface area contributed by atoms with Gasteiger partial charge in [0, 0.05) is 17.6 Å². The van der Waals surface area contributed by atoms with E-state index < -0.39 is 28.5 Å². The molecule has 0 aliphatic heterocycles. The van der Waals surface area contributed by atoms with Crippen LogP contribution in [0.2, 0.25) is 10.0 Å². The monoisotopic (exact) mass is 629 g/mol. The molecule has 1 aliphatic carbocycles. The number of halogens is 2. The van der Waals surface area contributed by atoms with Gasteiger partial charge in [-0.25, -0.2) is 8.42 Å². The molecule has 0 saturated heterocycles. The van der Waals surface area contributed by atoms with Gasteiger partial charge in [0.1, 0.15) is 12.6 Å². The molecule has 0 heterocycles. The molecule has 1 fully saturated rings. The molecule has 0 bridgehead atoms. The van der Waals surface area contributed by atoms with Crippen molar-refractivity contribution in [1.82, 2.24) is 10.2 Å². The zero-order chi connectivity index (χ0) is 30.3. The van der Waals surface area contributed by atoms with Gasteiger partial charge < -0.3 is 10.2 Å². The van der Waals surface area contributed by atoms with Crippen molar-refractivity contribution < 1.29 is 18.0 Å². The highest BCUT2D eigenvalue weighted by atomic mass is 35.5. The minimum absolute atomic E-state index is 0.0105. The van der Waals surface area contributed by atoms with E-state index in [-0.39, 0.29) is 34.1 Å². The average Bonchev–Trinajstić information content (AvgIpc) is 2.98. The number of hydrogen-bond acceptors (Lipinski definition) is 4. The Labute approximate surface area is 258 Å². The van der Waals surface area contributed by atoms with Crippen LogP contribution in [0.5, 0.6) is 0 Å². The molecule has 3 aromatic carbocycles. The molecule has 7 nitrogen and oxygen atoms in total. The fourth-order valence-corrected chi connectivity index (χ4v) is 7.37. The third-order valence-corrected chi connectivity index (χ3v) is 10.0. The van der Waals surface area contributed by atoms with Crippen molar-refractivity contribution in [3.8, 4) is 0 Å². The summed E-state index contributed by atoms with van der Waals surface area (Å²) < 4.78 is 28.9. The predicted molar refractivity (Wildman–Crippen MR) is 168 cm³/mol. The zero-order valence-electron chi connectivity index (χ0n) is 23.9. The van der Waals surface area contributed by atoms with Crippen LogP contribution in [0.15, 0.2) is 77.7 Å². The number of anilines is 1. The summed E-state index contributed by atoms with van der Waals surface area (Å²) in [6, 6.07) is 19.3. The van der Waals surface area contributed by atoms with Crippen molar-refractivity contribution >= 4 is 50.7 Å². The van der Waals surface area contributed by atoms with Gasteiger partial charge in [-0.2, -0.15) is 0 Å². The van der Waals surface area contributed by atoms with E-state index in [0.717, 1.165) is 47.5 Å². The lowest BCUT2D eigenvalue weighted by Crippen LogP contribution is -2.54. The van der Waals surface area contributed by atoms with Crippen molar-refractivity contribution in [2.75, 3.05) is 10.8 Å². The van der Waals surface area contributed by atoms with E-state index in [1.165, 1.54) is 35.2 Å². The summed E-state index contributed by atoms with van der Waals surface area (Å²) in [6.07, 6.45) is 5.45. The third-order valence-electron chi connectivity index (χ3n) is 7.73. The summed E-state index contributed by atoms with van der Waals surface area (Å²) in [5.74, 6) is -0.747. The first-order chi connectivity index (χ1) is 20.1. The maximum absolute atomic E-state index is 14.3. The first kappa shape index (κ1) is 31.9. The van der Waals surface area contributed by atoms with Gasteiger partial charge in [-0.15, -0.1) is 0 Å². The van der Waals surface area contributed by atoms with Crippen molar-refractivity contribution in [3.63, 3.8) is 0 Å². The molecule has 0 unspecified atom stereocenters. The van der Waals surface area contributed by atoms with Gasteiger partial charge in [-0.1, -0.05) is 91.9 Å². The Morgan fingerprint density at radius 1 is 0.952 bits per heavy atom. The van der Waals surface area contributed by atoms with Crippen molar-refractivity contribution in [2.24, 2.45) is 0 Å². The summed E-state index contributed by atoms with van der Waals surface area (Å²) in [6.45, 7) is 3.39. The minimum atomic E-state index is -4.22. The largest absolute Gasteiger partial charge is 0.352 e. The number of hydrogen-bond donors (Lipinski definition) is 1. The van der Waals surface area contributed by atoms with Gasteiger partial charge >= 0.3 is 0 Å². The number of benzene rings is 3. The Morgan fingerprint density at radius 2 is 1.62 bits per heavy atom. The molecule has 42 heavy (non-hydrogen) atoms. The van der Waals surface area contributed by atoms with Crippen LogP contribution in [-0.2, 0) is 26.2 Å². The Morgan fingerprint density at radius 3 is 2.26 bits per heavy atom. The first-order valence-electron chi connectivity index (χ1n) is 14.3. The van der Waals surface area contributed by atoms with Crippen LogP contribution in [-0.4, -0.2) is 43.8 Å². The lowest BCUT2D eigenvalue weighted by molar-refractivity contribution is -0.140. The van der Waals surface area contributed by atoms with Crippen LogP contribution in [0.3, 0.4) is 0 Å². The smallest absolute Gasteiger partial charge is 0.264 e. The van der Waals surface area contributed by atoms with Crippen LogP contribution >= 0.6 is 23.2 Å². The standard InChI is InChI=1S/C32H37Cl2N3O4S/c1-3-29(32(39)35-26-14-6-4-7-15-26)36(21-24-13-11-10-12-23(24)2)31(38)22-37(30-19-18-25(33)20-28(30)34)42(40,41)27-16-8-5-9-17-27/h5,8-13,16-20,26,29H,3-4,6-7,14-15,21-22H2,1-2H3,(H,35,39)/t29-/m0/s1. The van der Waals surface area contributed by atoms with Crippen molar-refractivity contribution in [1.29, 1.82) is 0 Å². The second-order valence-corrected chi connectivity index (χ2v) is 13.3. The molecule has 1 aliphatic rings. The Balaban J connectivity index is 1.73. The number of nitrogens with zero attached hydrogens (tertiary/aromatic N) is 2. The number of aryl methyl sites for hydroxylation is 1. The number of nitrogens with one attached hydrogen (secondary N) is 1. The van der Waals surface area contributed by atoms with Crippen LogP contribution in [0.4, 0.5) is 5.69 Å². The molecular formula is C32H37Cl2N3O4S. The second kappa shape index (κ2) is 14.4. The summed E-state index contributed by atoms with van der Waals surface area (Å²) >= 11 is 12.6. The van der Waals surface area contributed by atoms with Crippen molar-refractivity contribution in [2.45, 2.75) is 75.9 Å². The molecule has 1 N–H and O–H groups in total. The molecule has 0 spiro atoms. The van der Waals surface area contributed by atoms with Gasteiger partial charge in [0.05, 0.1) is 15.6 Å². The fourth-order valence-electron chi connectivity index (χ4n) is 5.35. The zero-order valence-corrected chi connectivity index (χ0v) is 26.3. The molecule has 10 heteroatoms. The van der Waals surface area contributed by atoms with Gasteiger partial charge in [-0.3, -0.25) is 13.9 Å². The highest BCUT2D eigenvalue weighted by Crippen LogP contribution is 2.33. The van der Waals surface area contributed by atoms with Crippen molar-refractivity contribution in [3.05, 3.63) is 94.0 Å². The number of carbonyl (C=O) groups excluding carboxylic acids is 2. The maximum atomic E-state index is 14.3. The topological polar surface area (TPSA) is 86.8 Å². The third kappa shape index (κ3) is 7.65. The molecule has 2 amide bonds. The highest BCUT2D eigenvalue weighted by Gasteiger charge is 2.35. The van der Waals surface area contributed by atoms with Crippen LogP contribution in [0, 0.1) is 6.92 Å². The van der Waals surface area contributed by atoms with E-state index in [4.69, 9.17) is 23.2 Å². The summed E-state index contributed by atoms with van der Waals surface area (Å²) in [4.78, 5) is 29.4. The molecule has 4 rings (SSSR count). The second-order valence-electron chi connectivity index (χ2n) is 10.6. The molecule has 1 saturated carbocycles. The molecular weight excluding hydrogens is 593 g/mol. The van der Waals surface area contributed by atoms with Crippen LogP contribution in [0.1, 0.15) is 56.6 Å². The lowest BCUT2D eigenvalue weighted by Gasteiger charge is -2.35. The molecule has 0 aromatic heterocycles. The van der Waals surface area contributed by atoms with E-state index >= 15 is 0 Å². The first-order valence-corrected chi connectivity index (χ1v) is 16.5. The van der Waals surface area contributed by atoms with E-state index in [0.29, 0.717) is 11.4 Å². The van der Waals surface area contributed by atoms with Gasteiger partial charge in [-0.05, 0) is 67.6 Å². The number of sulfonamides is 1. The van der Waals surface area contributed by atoms with Gasteiger partial charge in [0.25, 0.3) is 10.0 Å². The Kier molecular flexibility index (Phi) is 10.9. The number of carbonyl (C=O) groups is 2. The Hall–Kier alpha value is -3.07. The number of amides is 2. The van der Waals surface area contributed by atoms with E-state index in [1.807, 2.05) is 38.1 Å². The van der Waals surface area contributed by atoms with Crippen LogP contribution < -0.4 is 9.62 Å². The summed E-state index contributed by atoms with van der Waals surface area (Å²) in [5.41, 5.74) is 1.96.